The number of benzene rings is 1. The third kappa shape index (κ3) is 4.56. The number of carbonyl (C=O) groups is 1. The molecule has 1 aromatic rings. The number of nitrogens with one attached hydrogen (secondary N) is 1. The van der Waals surface area contributed by atoms with Crippen LogP contribution in [0, 0.1) is 5.82 Å². The molecule has 3 nitrogen and oxygen atoms in total. The largest absolute Gasteiger partial charge is 0.351 e. The summed E-state index contributed by atoms with van der Waals surface area (Å²) in [4.78, 5) is 14.4. The Hall–Kier alpha value is -0.940. The second-order valence-electron chi connectivity index (χ2n) is 5.14. The van der Waals surface area contributed by atoms with Gasteiger partial charge < -0.3 is 10.2 Å². The number of carbonyl (C=O) groups excluding carboxylic acids is 1. The molecule has 0 saturated carbocycles. The average Bonchev–Trinajstić information content (AvgIpc) is 2.70. The van der Waals surface area contributed by atoms with E-state index in [2.05, 4.69) is 26.1 Å². The van der Waals surface area contributed by atoms with Crippen LogP contribution >= 0.6 is 15.9 Å². The van der Waals surface area contributed by atoms with Crippen molar-refractivity contribution in [1.29, 1.82) is 0 Å². The van der Waals surface area contributed by atoms with Crippen molar-refractivity contribution in [3.8, 4) is 0 Å². The smallest absolute Gasteiger partial charge is 0.252 e. The van der Waals surface area contributed by atoms with Crippen molar-refractivity contribution in [2.45, 2.75) is 25.7 Å². The first-order valence-electron chi connectivity index (χ1n) is 7.12. The first-order chi connectivity index (χ1) is 9.66. The van der Waals surface area contributed by atoms with Crippen LogP contribution in [0.5, 0.6) is 0 Å². The maximum absolute atomic E-state index is 13.2. The lowest BCUT2D eigenvalue weighted by atomic mass is 10.2. The highest BCUT2D eigenvalue weighted by molar-refractivity contribution is 9.10. The lowest BCUT2D eigenvalue weighted by Gasteiger charge is -2.19. The summed E-state index contributed by atoms with van der Waals surface area (Å²) in [5.41, 5.74) is 0.348. The minimum absolute atomic E-state index is 0.230. The maximum atomic E-state index is 13.2. The standard InChI is InChI=1S/C15H20BrFN2O/c16-14-6-5-12(17)11-13(14)15(20)18-7-10-19-8-3-1-2-4-9-19/h5-6,11H,1-4,7-10H2,(H,18,20). The zero-order valence-corrected chi connectivity index (χ0v) is 13.1. The zero-order chi connectivity index (χ0) is 14.4. The Morgan fingerprint density at radius 2 is 1.95 bits per heavy atom. The quantitative estimate of drug-likeness (QED) is 0.911. The molecule has 1 N–H and O–H groups in total. The zero-order valence-electron chi connectivity index (χ0n) is 11.5. The molecule has 110 valence electrons. The molecule has 1 heterocycles. The highest BCUT2D eigenvalue weighted by atomic mass is 79.9. The van der Waals surface area contributed by atoms with Crippen LogP contribution in [0.3, 0.4) is 0 Å². The number of likely N-dealkylation sites (tertiary alicyclic amines) is 1. The lowest BCUT2D eigenvalue weighted by Crippen LogP contribution is -2.35. The predicted octanol–water partition coefficient (Wildman–Crippen LogP) is 3.19. The van der Waals surface area contributed by atoms with Crippen LogP contribution in [0.2, 0.25) is 0 Å². The van der Waals surface area contributed by atoms with Gasteiger partial charge in [0.1, 0.15) is 5.82 Å². The van der Waals surface area contributed by atoms with Gasteiger partial charge in [-0.25, -0.2) is 4.39 Å². The van der Waals surface area contributed by atoms with E-state index in [1.165, 1.54) is 37.8 Å². The van der Waals surface area contributed by atoms with Gasteiger partial charge in [-0.1, -0.05) is 12.8 Å². The van der Waals surface area contributed by atoms with Crippen LogP contribution in [-0.4, -0.2) is 37.0 Å². The van der Waals surface area contributed by atoms with Gasteiger partial charge in [-0.3, -0.25) is 4.79 Å². The topological polar surface area (TPSA) is 32.3 Å². The number of rotatable bonds is 4. The maximum Gasteiger partial charge on any atom is 0.252 e. The molecule has 1 aliphatic heterocycles. The fraction of sp³-hybridized carbons (Fsp3) is 0.533. The Kier molecular flexibility index (Phi) is 5.98. The molecule has 1 aliphatic rings. The number of nitrogens with zero attached hydrogens (tertiary/aromatic N) is 1. The third-order valence-corrected chi connectivity index (χ3v) is 4.28. The van der Waals surface area contributed by atoms with Crippen molar-refractivity contribution in [2.75, 3.05) is 26.2 Å². The van der Waals surface area contributed by atoms with Crippen molar-refractivity contribution in [1.82, 2.24) is 10.2 Å². The Bertz CT molecular complexity index is 459. The first kappa shape index (κ1) is 15.4. The first-order valence-corrected chi connectivity index (χ1v) is 7.92. The van der Waals surface area contributed by atoms with Crippen molar-refractivity contribution in [3.63, 3.8) is 0 Å². The van der Waals surface area contributed by atoms with Gasteiger partial charge in [0.15, 0.2) is 0 Å². The van der Waals surface area contributed by atoms with Crippen molar-refractivity contribution in [2.24, 2.45) is 0 Å². The normalized spacial score (nSPS) is 16.7. The number of amides is 1. The van der Waals surface area contributed by atoms with Gasteiger partial charge in [-0.05, 0) is 60.1 Å². The summed E-state index contributed by atoms with van der Waals surface area (Å²) < 4.78 is 13.8. The van der Waals surface area contributed by atoms with E-state index in [4.69, 9.17) is 0 Å². The number of halogens is 2. The lowest BCUT2D eigenvalue weighted by molar-refractivity contribution is 0.0947. The summed E-state index contributed by atoms with van der Waals surface area (Å²) in [5.74, 6) is -0.628. The third-order valence-electron chi connectivity index (χ3n) is 3.59. The SMILES string of the molecule is O=C(NCCN1CCCCCC1)c1cc(F)ccc1Br. The summed E-state index contributed by atoms with van der Waals surface area (Å²) in [6.07, 6.45) is 5.09. The fourth-order valence-corrected chi connectivity index (χ4v) is 2.88. The molecule has 0 unspecified atom stereocenters. The van der Waals surface area contributed by atoms with E-state index >= 15 is 0 Å². The van der Waals surface area contributed by atoms with E-state index in [0.29, 0.717) is 16.6 Å². The van der Waals surface area contributed by atoms with E-state index in [-0.39, 0.29) is 5.91 Å². The number of hydrogen-bond acceptors (Lipinski definition) is 2. The van der Waals surface area contributed by atoms with Crippen LogP contribution in [-0.2, 0) is 0 Å². The summed E-state index contributed by atoms with van der Waals surface area (Å²) in [7, 11) is 0. The summed E-state index contributed by atoms with van der Waals surface area (Å²) in [6.45, 7) is 3.68. The molecule has 1 saturated heterocycles. The second-order valence-corrected chi connectivity index (χ2v) is 5.99. The summed E-state index contributed by atoms with van der Waals surface area (Å²) in [6, 6.07) is 4.14. The molecule has 0 atom stereocenters. The number of hydrogen-bond donors (Lipinski definition) is 1. The van der Waals surface area contributed by atoms with Gasteiger partial charge in [-0.2, -0.15) is 0 Å². The van der Waals surface area contributed by atoms with E-state index < -0.39 is 5.82 Å². The van der Waals surface area contributed by atoms with Gasteiger partial charge >= 0.3 is 0 Å². The molecular formula is C15H20BrFN2O. The molecule has 0 aliphatic carbocycles. The molecule has 5 heteroatoms. The molecule has 0 radical (unpaired) electrons. The molecular weight excluding hydrogens is 323 g/mol. The van der Waals surface area contributed by atoms with Gasteiger partial charge in [0.25, 0.3) is 5.91 Å². The van der Waals surface area contributed by atoms with Gasteiger partial charge in [0.05, 0.1) is 5.56 Å². The molecule has 20 heavy (non-hydrogen) atoms. The Balaban J connectivity index is 1.81. The molecule has 1 aromatic carbocycles. The monoisotopic (exact) mass is 342 g/mol. The Morgan fingerprint density at radius 3 is 2.65 bits per heavy atom. The van der Waals surface area contributed by atoms with Gasteiger partial charge in [0, 0.05) is 17.6 Å². The predicted molar refractivity (Wildman–Crippen MR) is 81.3 cm³/mol. The minimum atomic E-state index is -0.397. The van der Waals surface area contributed by atoms with E-state index in [0.717, 1.165) is 19.6 Å². The molecule has 0 spiro atoms. The van der Waals surface area contributed by atoms with Crippen molar-refractivity contribution < 1.29 is 9.18 Å². The van der Waals surface area contributed by atoms with Crippen molar-refractivity contribution >= 4 is 21.8 Å². The molecule has 0 aromatic heterocycles. The van der Waals surface area contributed by atoms with Crippen molar-refractivity contribution in [3.05, 3.63) is 34.1 Å². The molecule has 1 amide bonds. The van der Waals surface area contributed by atoms with Crippen LogP contribution in [0.25, 0.3) is 0 Å². The minimum Gasteiger partial charge on any atom is -0.351 e. The van der Waals surface area contributed by atoms with Crippen LogP contribution in [0.15, 0.2) is 22.7 Å². The second kappa shape index (κ2) is 7.74. The highest BCUT2D eigenvalue weighted by Crippen LogP contribution is 2.17. The Labute approximate surface area is 127 Å². The van der Waals surface area contributed by atoms with Crippen LogP contribution < -0.4 is 5.32 Å². The van der Waals surface area contributed by atoms with E-state index in [9.17, 15) is 9.18 Å². The van der Waals surface area contributed by atoms with Gasteiger partial charge in [0.2, 0.25) is 0 Å². The highest BCUT2D eigenvalue weighted by Gasteiger charge is 2.12. The van der Waals surface area contributed by atoms with E-state index in [1.807, 2.05) is 0 Å². The van der Waals surface area contributed by atoms with Crippen LogP contribution in [0.4, 0.5) is 4.39 Å². The summed E-state index contributed by atoms with van der Waals surface area (Å²) in [5, 5.41) is 2.86. The molecule has 1 fully saturated rings. The van der Waals surface area contributed by atoms with E-state index in [1.54, 1.807) is 6.07 Å². The fourth-order valence-electron chi connectivity index (χ4n) is 2.45. The van der Waals surface area contributed by atoms with Crippen LogP contribution in [0.1, 0.15) is 36.0 Å². The molecule has 0 bridgehead atoms. The summed E-state index contributed by atoms with van der Waals surface area (Å²) >= 11 is 3.27. The van der Waals surface area contributed by atoms with Gasteiger partial charge in [-0.15, -0.1) is 0 Å². The Morgan fingerprint density at radius 1 is 1.25 bits per heavy atom. The molecule has 2 rings (SSSR count). The average molecular weight is 343 g/mol.